The van der Waals surface area contributed by atoms with Crippen molar-refractivity contribution in [2.24, 2.45) is 0 Å². The Bertz CT molecular complexity index is 452. The fourth-order valence-electron chi connectivity index (χ4n) is 2.89. The summed E-state index contributed by atoms with van der Waals surface area (Å²) in [7, 11) is 1.58. The Kier molecular flexibility index (Phi) is 5.73. The molecule has 1 aromatic carbocycles. The average molecular weight is 292 g/mol. The van der Waals surface area contributed by atoms with E-state index >= 15 is 0 Å². The minimum Gasteiger partial charge on any atom is -0.389 e. The highest BCUT2D eigenvalue weighted by molar-refractivity contribution is 5.76. The molecule has 3 N–H and O–H groups in total. The van der Waals surface area contributed by atoms with Crippen molar-refractivity contribution in [2.75, 3.05) is 20.1 Å². The molecule has 1 saturated heterocycles. The van der Waals surface area contributed by atoms with Crippen LogP contribution in [-0.4, -0.2) is 59.4 Å². The summed E-state index contributed by atoms with van der Waals surface area (Å²) >= 11 is 0. The lowest BCUT2D eigenvalue weighted by atomic mass is 10.1. The van der Waals surface area contributed by atoms with E-state index in [1.165, 1.54) is 5.56 Å². The van der Waals surface area contributed by atoms with E-state index in [1.807, 2.05) is 23.1 Å². The SMILES string of the molecule is CNC(=O)CC1C(O)C(O)CN1CCCc1ccccc1. The monoisotopic (exact) mass is 292 g/mol. The molecule has 0 saturated carbocycles. The number of nitrogens with one attached hydrogen (secondary N) is 1. The predicted octanol–water partition coefficient (Wildman–Crippen LogP) is 0.161. The number of carbonyl (C=O) groups is 1. The van der Waals surface area contributed by atoms with Crippen LogP contribution in [0.5, 0.6) is 0 Å². The molecule has 1 heterocycles. The van der Waals surface area contributed by atoms with Gasteiger partial charge in [0.1, 0.15) is 0 Å². The molecule has 1 amide bonds. The Morgan fingerprint density at radius 2 is 2.05 bits per heavy atom. The van der Waals surface area contributed by atoms with Crippen LogP contribution in [0.4, 0.5) is 0 Å². The van der Waals surface area contributed by atoms with E-state index in [-0.39, 0.29) is 18.4 Å². The van der Waals surface area contributed by atoms with E-state index in [9.17, 15) is 15.0 Å². The summed E-state index contributed by atoms with van der Waals surface area (Å²) in [4.78, 5) is 13.6. The highest BCUT2D eigenvalue weighted by Gasteiger charge is 2.40. The molecule has 116 valence electrons. The van der Waals surface area contributed by atoms with Crippen molar-refractivity contribution in [3.05, 3.63) is 35.9 Å². The summed E-state index contributed by atoms with van der Waals surface area (Å²) in [6, 6.07) is 9.93. The van der Waals surface area contributed by atoms with Crippen LogP contribution in [0.1, 0.15) is 18.4 Å². The van der Waals surface area contributed by atoms with Gasteiger partial charge in [0.2, 0.25) is 5.91 Å². The first kappa shape index (κ1) is 15.9. The number of carbonyl (C=O) groups excluding carboxylic acids is 1. The van der Waals surface area contributed by atoms with Crippen molar-refractivity contribution in [2.45, 2.75) is 37.5 Å². The lowest BCUT2D eigenvalue weighted by molar-refractivity contribution is -0.122. The molecule has 1 aliphatic heterocycles. The van der Waals surface area contributed by atoms with Crippen molar-refractivity contribution < 1.29 is 15.0 Å². The van der Waals surface area contributed by atoms with Gasteiger partial charge in [0.25, 0.3) is 0 Å². The van der Waals surface area contributed by atoms with E-state index in [2.05, 4.69) is 17.4 Å². The molecule has 0 bridgehead atoms. The Balaban J connectivity index is 1.86. The lowest BCUT2D eigenvalue weighted by Gasteiger charge is -2.25. The summed E-state index contributed by atoms with van der Waals surface area (Å²) in [5.41, 5.74) is 1.28. The maximum atomic E-state index is 11.5. The second-order valence-electron chi connectivity index (χ2n) is 5.59. The van der Waals surface area contributed by atoms with Crippen LogP contribution < -0.4 is 5.32 Å². The molecule has 0 radical (unpaired) electrons. The molecule has 1 aromatic rings. The minimum absolute atomic E-state index is 0.110. The van der Waals surface area contributed by atoms with Crippen LogP contribution in [0, 0.1) is 0 Å². The van der Waals surface area contributed by atoms with E-state index in [1.54, 1.807) is 7.05 Å². The van der Waals surface area contributed by atoms with E-state index in [0.717, 1.165) is 19.4 Å². The van der Waals surface area contributed by atoms with Gasteiger partial charge in [-0.2, -0.15) is 0 Å². The summed E-state index contributed by atoms with van der Waals surface area (Å²) in [5, 5.41) is 22.4. The number of β-amino-alcohol motifs (C(OH)–C–C–N with tert-alkyl or cyclic N) is 1. The molecule has 5 nitrogen and oxygen atoms in total. The molecule has 2 rings (SSSR count). The van der Waals surface area contributed by atoms with Crippen LogP contribution in [0.2, 0.25) is 0 Å². The van der Waals surface area contributed by atoms with Gasteiger partial charge >= 0.3 is 0 Å². The fraction of sp³-hybridized carbons (Fsp3) is 0.562. The van der Waals surface area contributed by atoms with Crippen LogP contribution in [-0.2, 0) is 11.2 Å². The van der Waals surface area contributed by atoms with E-state index in [0.29, 0.717) is 6.54 Å². The molecule has 0 aliphatic carbocycles. The van der Waals surface area contributed by atoms with Crippen molar-refractivity contribution >= 4 is 5.91 Å². The Labute approximate surface area is 125 Å². The van der Waals surface area contributed by atoms with Gasteiger partial charge in [-0.1, -0.05) is 30.3 Å². The van der Waals surface area contributed by atoms with Gasteiger partial charge in [-0.15, -0.1) is 0 Å². The molecular weight excluding hydrogens is 268 g/mol. The van der Waals surface area contributed by atoms with Crippen LogP contribution in [0.25, 0.3) is 0 Å². The predicted molar refractivity (Wildman–Crippen MR) is 80.8 cm³/mol. The fourth-order valence-corrected chi connectivity index (χ4v) is 2.89. The number of hydrogen-bond acceptors (Lipinski definition) is 4. The molecule has 21 heavy (non-hydrogen) atoms. The summed E-state index contributed by atoms with van der Waals surface area (Å²) in [5.74, 6) is -0.110. The first-order valence-electron chi connectivity index (χ1n) is 7.46. The van der Waals surface area contributed by atoms with Gasteiger partial charge in [-0.25, -0.2) is 0 Å². The van der Waals surface area contributed by atoms with Crippen molar-refractivity contribution in [1.82, 2.24) is 10.2 Å². The van der Waals surface area contributed by atoms with E-state index in [4.69, 9.17) is 0 Å². The Hall–Kier alpha value is -1.43. The van der Waals surface area contributed by atoms with Gasteiger partial charge in [0, 0.05) is 26.1 Å². The molecule has 0 aromatic heterocycles. The molecule has 3 unspecified atom stereocenters. The average Bonchev–Trinajstić information content (AvgIpc) is 2.76. The normalized spacial score (nSPS) is 26.0. The zero-order valence-electron chi connectivity index (χ0n) is 12.4. The highest BCUT2D eigenvalue weighted by Crippen LogP contribution is 2.22. The molecule has 0 spiro atoms. The summed E-state index contributed by atoms with van der Waals surface area (Å²) in [6.45, 7) is 1.20. The van der Waals surface area contributed by atoms with Gasteiger partial charge in [0.05, 0.1) is 12.2 Å². The van der Waals surface area contributed by atoms with E-state index < -0.39 is 12.2 Å². The Morgan fingerprint density at radius 3 is 2.71 bits per heavy atom. The standard InChI is InChI=1S/C16H24N2O3/c1-17-15(20)10-13-16(21)14(19)11-18(13)9-5-8-12-6-3-2-4-7-12/h2-4,6-7,13-14,16,19,21H,5,8-11H2,1H3,(H,17,20). The van der Waals surface area contributed by atoms with Crippen molar-refractivity contribution in [1.29, 1.82) is 0 Å². The first-order chi connectivity index (χ1) is 10.1. The third-order valence-electron chi connectivity index (χ3n) is 4.11. The maximum absolute atomic E-state index is 11.5. The zero-order valence-corrected chi connectivity index (χ0v) is 12.4. The van der Waals surface area contributed by atoms with Gasteiger partial charge in [-0.3, -0.25) is 9.69 Å². The Morgan fingerprint density at radius 1 is 1.33 bits per heavy atom. The zero-order chi connectivity index (χ0) is 15.2. The number of hydrogen-bond donors (Lipinski definition) is 3. The molecule has 5 heteroatoms. The third-order valence-corrected chi connectivity index (χ3v) is 4.11. The third kappa shape index (κ3) is 4.27. The first-order valence-corrected chi connectivity index (χ1v) is 7.46. The van der Waals surface area contributed by atoms with Gasteiger partial charge in [0.15, 0.2) is 0 Å². The number of amides is 1. The lowest BCUT2D eigenvalue weighted by Crippen LogP contribution is -2.40. The molecular formula is C16H24N2O3. The smallest absolute Gasteiger partial charge is 0.221 e. The van der Waals surface area contributed by atoms with Gasteiger partial charge in [-0.05, 0) is 24.9 Å². The van der Waals surface area contributed by atoms with Crippen molar-refractivity contribution in [3.8, 4) is 0 Å². The summed E-state index contributed by atoms with van der Waals surface area (Å²) < 4.78 is 0. The van der Waals surface area contributed by atoms with Crippen LogP contribution >= 0.6 is 0 Å². The quantitative estimate of drug-likeness (QED) is 0.698. The molecule has 1 aliphatic rings. The second-order valence-corrected chi connectivity index (χ2v) is 5.59. The topological polar surface area (TPSA) is 72.8 Å². The minimum atomic E-state index is -0.848. The van der Waals surface area contributed by atoms with Crippen LogP contribution in [0.15, 0.2) is 30.3 Å². The second kappa shape index (κ2) is 7.54. The number of benzene rings is 1. The number of nitrogens with zero attached hydrogens (tertiary/aromatic N) is 1. The maximum Gasteiger partial charge on any atom is 0.221 e. The summed E-state index contributed by atoms with van der Waals surface area (Å²) in [6.07, 6.45) is 0.500. The number of aliphatic hydroxyl groups excluding tert-OH is 2. The number of aliphatic hydroxyl groups is 2. The number of rotatable bonds is 6. The highest BCUT2D eigenvalue weighted by atomic mass is 16.3. The van der Waals surface area contributed by atoms with Crippen LogP contribution in [0.3, 0.4) is 0 Å². The molecule has 3 atom stereocenters. The van der Waals surface area contributed by atoms with Crippen molar-refractivity contribution in [3.63, 3.8) is 0 Å². The largest absolute Gasteiger partial charge is 0.389 e. The van der Waals surface area contributed by atoms with Gasteiger partial charge < -0.3 is 15.5 Å². The number of aryl methyl sites for hydroxylation is 1. The number of likely N-dealkylation sites (tertiary alicyclic amines) is 1. The molecule has 1 fully saturated rings.